The maximum Gasteiger partial charge on any atom is 0.122 e. The van der Waals surface area contributed by atoms with E-state index in [0.29, 0.717) is 6.04 Å². The zero-order valence-electron chi connectivity index (χ0n) is 12.3. The molecule has 1 atom stereocenters. The van der Waals surface area contributed by atoms with Gasteiger partial charge in [-0.25, -0.2) is 4.98 Å². The van der Waals surface area contributed by atoms with Gasteiger partial charge in [0, 0.05) is 25.5 Å². The quantitative estimate of drug-likeness (QED) is 0.730. The van der Waals surface area contributed by atoms with Crippen molar-refractivity contribution >= 4 is 0 Å². The summed E-state index contributed by atoms with van der Waals surface area (Å²) in [6, 6.07) is 0.631. The Bertz CT molecular complexity index is 321. The van der Waals surface area contributed by atoms with Crippen molar-refractivity contribution in [1.82, 2.24) is 19.8 Å². The number of aromatic nitrogens is 2. The van der Waals surface area contributed by atoms with Gasteiger partial charge in [0.2, 0.25) is 0 Å². The first-order chi connectivity index (χ1) is 8.63. The molecule has 1 aromatic heterocycles. The molecule has 0 radical (unpaired) electrons. The fraction of sp³-hybridized carbons (Fsp3) is 0.786. The molecule has 104 valence electrons. The summed E-state index contributed by atoms with van der Waals surface area (Å²) in [6.07, 6.45) is 7.55. The van der Waals surface area contributed by atoms with Crippen molar-refractivity contribution in [3.05, 3.63) is 18.2 Å². The van der Waals surface area contributed by atoms with E-state index in [2.05, 4.69) is 40.7 Å². The molecule has 0 fully saturated rings. The highest BCUT2D eigenvalue weighted by Gasteiger charge is 2.05. The molecule has 4 nitrogen and oxygen atoms in total. The molecule has 0 aliphatic rings. The Balaban J connectivity index is 2.14. The molecule has 1 aromatic rings. The summed E-state index contributed by atoms with van der Waals surface area (Å²) in [4.78, 5) is 6.69. The minimum absolute atomic E-state index is 0.631. The minimum Gasteiger partial charge on any atom is -0.337 e. The van der Waals surface area contributed by atoms with Crippen LogP contribution in [0.25, 0.3) is 0 Å². The smallest absolute Gasteiger partial charge is 0.122 e. The Morgan fingerprint density at radius 1 is 1.50 bits per heavy atom. The molecule has 1 N–H and O–H groups in total. The van der Waals surface area contributed by atoms with Crippen LogP contribution in [0.15, 0.2) is 12.4 Å². The first-order valence-electron chi connectivity index (χ1n) is 7.01. The molecular weight excluding hydrogens is 224 g/mol. The second kappa shape index (κ2) is 8.27. The predicted octanol–water partition coefficient (Wildman–Crippen LogP) is 2.02. The fourth-order valence-corrected chi connectivity index (χ4v) is 2.03. The summed E-state index contributed by atoms with van der Waals surface area (Å²) in [5.41, 5.74) is 0. The normalized spacial score (nSPS) is 13.2. The van der Waals surface area contributed by atoms with Crippen LogP contribution in [0.1, 0.15) is 38.9 Å². The summed E-state index contributed by atoms with van der Waals surface area (Å²) in [6.45, 7) is 7.67. The molecule has 0 amide bonds. The SMILES string of the molecule is CCCNC(C)CCCN(C)Cc1nccn1C. The number of hydrogen-bond acceptors (Lipinski definition) is 3. The lowest BCUT2D eigenvalue weighted by atomic mass is 10.1. The van der Waals surface area contributed by atoms with Gasteiger partial charge in [-0.05, 0) is 46.3 Å². The van der Waals surface area contributed by atoms with Gasteiger partial charge in [-0.2, -0.15) is 0 Å². The van der Waals surface area contributed by atoms with E-state index in [0.717, 1.165) is 25.5 Å². The number of imidazole rings is 1. The molecule has 0 bridgehead atoms. The second-order valence-electron chi connectivity index (χ2n) is 5.19. The van der Waals surface area contributed by atoms with Crippen LogP contribution in [0, 0.1) is 0 Å². The fourth-order valence-electron chi connectivity index (χ4n) is 2.03. The van der Waals surface area contributed by atoms with E-state index in [1.165, 1.54) is 19.3 Å². The lowest BCUT2D eigenvalue weighted by molar-refractivity contribution is 0.300. The van der Waals surface area contributed by atoms with Gasteiger partial charge < -0.3 is 9.88 Å². The predicted molar refractivity (Wildman–Crippen MR) is 76.5 cm³/mol. The lowest BCUT2D eigenvalue weighted by Crippen LogP contribution is -2.28. The molecule has 1 rings (SSSR count). The number of aryl methyl sites for hydroxylation is 1. The largest absolute Gasteiger partial charge is 0.337 e. The van der Waals surface area contributed by atoms with Crippen LogP contribution in [0.4, 0.5) is 0 Å². The Hall–Kier alpha value is -0.870. The van der Waals surface area contributed by atoms with Crippen molar-refractivity contribution in [2.24, 2.45) is 7.05 Å². The highest BCUT2D eigenvalue weighted by molar-refractivity contribution is 4.90. The zero-order chi connectivity index (χ0) is 13.4. The van der Waals surface area contributed by atoms with Crippen LogP contribution >= 0.6 is 0 Å². The van der Waals surface area contributed by atoms with Gasteiger partial charge in [0.05, 0.1) is 6.54 Å². The molecule has 0 aliphatic carbocycles. The monoisotopic (exact) mass is 252 g/mol. The Morgan fingerprint density at radius 3 is 2.89 bits per heavy atom. The number of nitrogens with one attached hydrogen (secondary N) is 1. The van der Waals surface area contributed by atoms with Crippen molar-refractivity contribution in [2.75, 3.05) is 20.1 Å². The summed E-state index contributed by atoms with van der Waals surface area (Å²) >= 11 is 0. The van der Waals surface area contributed by atoms with E-state index in [1.807, 2.05) is 19.4 Å². The van der Waals surface area contributed by atoms with Crippen molar-refractivity contribution in [2.45, 2.75) is 45.7 Å². The molecule has 0 saturated heterocycles. The molecule has 18 heavy (non-hydrogen) atoms. The first-order valence-corrected chi connectivity index (χ1v) is 7.01. The third-order valence-corrected chi connectivity index (χ3v) is 3.25. The highest BCUT2D eigenvalue weighted by atomic mass is 15.1. The first kappa shape index (κ1) is 15.2. The molecule has 0 aliphatic heterocycles. The van der Waals surface area contributed by atoms with Gasteiger partial charge >= 0.3 is 0 Å². The molecule has 0 spiro atoms. The second-order valence-corrected chi connectivity index (χ2v) is 5.19. The van der Waals surface area contributed by atoms with Gasteiger partial charge in [-0.1, -0.05) is 6.92 Å². The maximum atomic E-state index is 4.35. The van der Waals surface area contributed by atoms with Gasteiger partial charge in [-0.15, -0.1) is 0 Å². The molecule has 4 heteroatoms. The Labute approximate surface area is 111 Å². The lowest BCUT2D eigenvalue weighted by Gasteiger charge is -2.18. The zero-order valence-corrected chi connectivity index (χ0v) is 12.3. The van der Waals surface area contributed by atoms with Gasteiger partial charge in [0.1, 0.15) is 5.82 Å². The van der Waals surface area contributed by atoms with Crippen molar-refractivity contribution in [3.63, 3.8) is 0 Å². The molecule has 0 saturated carbocycles. The van der Waals surface area contributed by atoms with Crippen LogP contribution < -0.4 is 5.32 Å². The van der Waals surface area contributed by atoms with Gasteiger partial charge in [-0.3, -0.25) is 4.90 Å². The van der Waals surface area contributed by atoms with Crippen LogP contribution in [0.5, 0.6) is 0 Å². The third kappa shape index (κ3) is 5.65. The molecular formula is C14H28N4. The molecule has 1 unspecified atom stereocenters. The van der Waals surface area contributed by atoms with Crippen LogP contribution in [-0.4, -0.2) is 40.6 Å². The number of rotatable bonds is 9. The van der Waals surface area contributed by atoms with E-state index < -0.39 is 0 Å². The molecule has 1 heterocycles. The Kier molecular flexibility index (Phi) is 6.98. The van der Waals surface area contributed by atoms with E-state index >= 15 is 0 Å². The summed E-state index contributed by atoms with van der Waals surface area (Å²) in [5.74, 6) is 1.13. The topological polar surface area (TPSA) is 33.1 Å². The van der Waals surface area contributed by atoms with Crippen LogP contribution in [-0.2, 0) is 13.6 Å². The van der Waals surface area contributed by atoms with Crippen LogP contribution in [0.2, 0.25) is 0 Å². The maximum absolute atomic E-state index is 4.35. The van der Waals surface area contributed by atoms with Gasteiger partial charge in [0.15, 0.2) is 0 Å². The van der Waals surface area contributed by atoms with E-state index in [4.69, 9.17) is 0 Å². The van der Waals surface area contributed by atoms with E-state index in [-0.39, 0.29) is 0 Å². The summed E-state index contributed by atoms with van der Waals surface area (Å²) < 4.78 is 2.09. The average Bonchev–Trinajstić information content (AvgIpc) is 2.72. The van der Waals surface area contributed by atoms with Crippen LogP contribution in [0.3, 0.4) is 0 Å². The number of hydrogen-bond donors (Lipinski definition) is 1. The van der Waals surface area contributed by atoms with E-state index in [9.17, 15) is 0 Å². The molecule has 0 aromatic carbocycles. The third-order valence-electron chi connectivity index (χ3n) is 3.25. The Morgan fingerprint density at radius 2 is 2.28 bits per heavy atom. The van der Waals surface area contributed by atoms with E-state index in [1.54, 1.807) is 0 Å². The van der Waals surface area contributed by atoms with Crippen molar-refractivity contribution < 1.29 is 0 Å². The van der Waals surface area contributed by atoms with Gasteiger partial charge in [0.25, 0.3) is 0 Å². The minimum atomic E-state index is 0.631. The summed E-state index contributed by atoms with van der Waals surface area (Å²) in [7, 11) is 4.21. The highest BCUT2D eigenvalue weighted by Crippen LogP contribution is 2.03. The van der Waals surface area contributed by atoms with Crippen molar-refractivity contribution in [1.29, 1.82) is 0 Å². The number of nitrogens with zero attached hydrogens (tertiary/aromatic N) is 3. The average molecular weight is 252 g/mol. The van der Waals surface area contributed by atoms with Crippen molar-refractivity contribution in [3.8, 4) is 0 Å². The summed E-state index contributed by atoms with van der Waals surface area (Å²) in [5, 5.41) is 3.53. The standard InChI is InChI=1S/C14H28N4/c1-5-8-15-13(2)7-6-10-17(3)12-14-16-9-11-18(14)4/h9,11,13,15H,5-8,10,12H2,1-4H3.